The van der Waals surface area contributed by atoms with E-state index in [0.717, 1.165) is 0 Å². The molecule has 0 saturated heterocycles. The van der Waals surface area contributed by atoms with Gasteiger partial charge in [-0.3, -0.25) is 0 Å². The van der Waals surface area contributed by atoms with Crippen LogP contribution in [0.4, 0.5) is 4.79 Å². The normalized spacial score (nSPS) is 13.8. The minimum atomic E-state index is -1.72. The largest absolute Gasteiger partial charge is 0.447 e. The van der Waals surface area contributed by atoms with Gasteiger partial charge in [0.1, 0.15) is 12.2 Å². The van der Waals surface area contributed by atoms with E-state index < -0.39 is 36.5 Å². The molecule has 0 radical (unpaired) electrons. The predicted octanol–water partition coefficient (Wildman–Crippen LogP) is -2.19. The van der Waals surface area contributed by atoms with Gasteiger partial charge in [0, 0.05) is 0 Å². The molecule has 0 saturated carbocycles. The van der Waals surface area contributed by atoms with Crippen molar-refractivity contribution in [2.45, 2.75) is 12.2 Å². The lowest BCUT2D eigenvalue weighted by Crippen LogP contribution is -2.34. The minimum Gasteiger partial charge on any atom is -0.394 e. The Kier molecular flexibility index (Phi) is 5.31. The molecule has 0 aliphatic rings. The first-order valence-electron chi connectivity index (χ1n) is 3.74. The SMILES string of the molecule is C=C(C(=O)OOC(N)=O)C(O)C(O)CO. The highest BCUT2D eigenvalue weighted by Gasteiger charge is 2.25. The quantitative estimate of drug-likeness (QED) is 0.240. The summed E-state index contributed by atoms with van der Waals surface area (Å²) in [5.74, 6) is -1.28. The highest BCUT2D eigenvalue weighted by Crippen LogP contribution is 2.06. The van der Waals surface area contributed by atoms with Gasteiger partial charge in [0.05, 0.1) is 12.2 Å². The van der Waals surface area contributed by atoms with Crippen LogP contribution in [-0.2, 0) is 14.6 Å². The van der Waals surface area contributed by atoms with Crippen LogP contribution in [-0.4, -0.2) is 46.2 Å². The number of rotatable bonds is 4. The molecule has 1 amide bonds. The molecule has 0 aromatic carbocycles. The topological polar surface area (TPSA) is 139 Å². The summed E-state index contributed by atoms with van der Waals surface area (Å²) >= 11 is 0. The summed E-state index contributed by atoms with van der Waals surface area (Å²) in [4.78, 5) is 28.4. The van der Waals surface area contributed by atoms with Crippen molar-refractivity contribution in [3.63, 3.8) is 0 Å². The van der Waals surface area contributed by atoms with Crippen LogP contribution in [0.1, 0.15) is 0 Å². The average molecular weight is 221 g/mol. The number of nitrogens with two attached hydrogens (primary N) is 1. The number of amides is 1. The lowest BCUT2D eigenvalue weighted by atomic mass is 10.1. The van der Waals surface area contributed by atoms with E-state index in [1.54, 1.807) is 0 Å². The van der Waals surface area contributed by atoms with Crippen LogP contribution in [0.2, 0.25) is 0 Å². The van der Waals surface area contributed by atoms with Crippen molar-refractivity contribution in [1.29, 1.82) is 0 Å². The molecule has 0 aromatic heterocycles. The number of primary amides is 1. The smallest absolute Gasteiger partial charge is 0.394 e. The van der Waals surface area contributed by atoms with Crippen molar-refractivity contribution in [2.75, 3.05) is 6.61 Å². The van der Waals surface area contributed by atoms with Crippen molar-refractivity contribution in [3.05, 3.63) is 12.2 Å². The van der Waals surface area contributed by atoms with E-state index in [1.807, 2.05) is 0 Å². The van der Waals surface area contributed by atoms with Crippen LogP contribution in [0.3, 0.4) is 0 Å². The van der Waals surface area contributed by atoms with E-state index in [9.17, 15) is 9.59 Å². The molecule has 86 valence electrons. The Morgan fingerprint density at radius 3 is 2.27 bits per heavy atom. The maximum Gasteiger partial charge on any atom is 0.447 e. The van der Waals surface area contributed by atoms with Gasteiger partial charge in [0.25, 0.3) is 0 Å². The van der Waals surface area contributed by atoms with E-state index >= 15 is 0 Å². The number of hydrogen-bond donors (Lipinski definition) is 4. The number of aliphatic hydroxyl groups is 3. The Bertz CT molecular complexity index is 264. The number of aliphatic hydroxyl groups excluding tert-OH is 3. The Balaban J connectivity index is 4.20. The summed E-state index contributed by atoms with van der Waals surface area (Å²) in [6, 6.07) is 0. The zero-order chi connectivity index (χ0) is 12.0. The molecule has 0 fully saturated rings. The molecule has 15 heavy (non-hydrogen) atoms. The summed E-state index contributed by atoms with van der Waals surface area (Å²) in [6.45, 7) is 2.30. The van der Waals surface area contributed by atoms with Gasteiger partial charge in [-0.05, 0) is 0 Å². The minimum absolute atomic E-state index is 0.585. The third kappa shape index (κ3) is 4.40. The van der Waals surface area contributed by atoms with Gasteiger partial charge in [-0.15, -0.1) is 0 Å². The summed E-state index contributed by atoms with van der Waals surface area (Å²) in [6.07, 6.45) is -4.66. The van der Waals surface area contributed by atoms with Crippen molar-refractivity contribution >= 4 is 12.1 Å². The van der Waals surface area contributed by atoms with Crippen molar-refractivity contribution in [1.82, 2.24) is 0 Å². The molecular formula is C7H11NO7. The van der Waals surface area contributed by atoms with Gasteiger partial charge < -0.3 is 21.1 Å². The monoisotopic (exact) mass is 221 g/mol. The molecule has 5 N–H and O–H groups in total. The van der Waals surface area contributed by atoms with E-state index in [4.69, 9.17) is 15.3 Å². The summed E-state index contributed by atoms with van der Waals surface area (Å²) in [7, 11) is 0. The van der Waals surface area contributed by atoms with Crippen LogP contribution < -0.4 is 5.73 Å². The van der Waals surface area contributed by atoms with Crippen LogP contribution in [0, 0.1) is 0 Å². The Morgan fingerprint density at radius 1 is 1.33 bits per heavy atom. The van der Waals surface area contributed by atoms with Crippen LogP contribution >= 0.6 is 0 Å². The fourth-order valence-corrected chi connectivity index (χ4v) is 0.585. The third-order valence-corrected chi connectivity index (χ3v) is 1.37. The summed E-state index contributed by atoms with van der Waals surface area (Å²) < 4.78 is 0. The highest BCUT2D eigenvalue weighted by molar-refractivity contribution is 5.88. The van der Waals surface area contributed by atoms with Gasteiger partial charge in [-0.25, -0.2) is 19.4 Å². The first-order valence-corrected chi connectivity index (χ1v) is 3.74. The molecule has 2 unspecified atom stereocenters. The van der Waals surface area contributed by atoms with Gasteiger partial charge in [-0.1, -0.05) is 6.58 Å². The second kappa shape index (κ2) is 5.96. The molecule has 0 aliphatic heterocycles. The zero-order valence-corrected chi connectivity index (χ0v) is 7.62. The van der Waals surface area contributed by atoms with Crippen molar-refractivity contribution in [2.24, 2.45) is 5.73 Å². The molecule has 0 aromatic rings. The van der Waals surface area contributed by atoms with Crippen LogP contribution in [0.25, 0.3) is 0 Å². The van der Waals surface area contributed by atoms with E-state index in [0.29, 0.717) is 0 Å². The maximum atomic E-state index is 10.9. The first-order chi connectivity index (χ1) is 6.90. The fraction of sp³-hybridized carbons (Fsp3) is 0.429. The van der Waals surface area contributed by atoms with Gasteiger partial charge in [-0.2, -0.15) is 0 Å². The highest BCUT2D eigenvalue weighted by atomic mass is 17.2. The lowest BCUT2D eigenvalue weighted by molar-refractivity contribution is -0.227. The molecule has 8 nitrogen and oxygen atoms in total. The molecule has 0 aliphatic carbocycles. The average Bonchev–Trinajstić information content (AvgIpc) is 2.22. The number of hydrogen-bond acceptors (Lipinski definition) is 7. The Labute approximate surface area is 84.4 Å². The Morgan fingerprint density at radius 2 is 1.87 bits per heavy atom. The molecule has 0 bridgehead atoms. The maximum absolute atomic E-state index is 10.9. The van der Waals surface area contributed by atoms with Crippen molar-refractivity contribution in [3.8, 4) is 0 Å². The standard InChI is InChI=1S/C7H11NO7/c1-3(5(11)4(10)2-9)6(12)14-15-7(8)13/h4-5,9-11H,1-2H2,(H2,8,13). The second-order valence-electron chi connectivity index (χ2n) is 2.49. The first kappa shape index (κ1) is 13.4. The predicted molar refractivity (Wildman–Crippen MR) is 45.0 cm³/mol. The van der Waals surface area contributed by atoms with Crippen LogP contribution in [0.5, 0.6) is 0 Å². The van der Waals surface area contributed by atoms with Gasteiger partial charge in [0.15, 0.2) is 0 Å². The molecule has 0 heterocycles. The fourth-order valence-electron chi connectivity index (χ4n) is 0.585. The summed E-state index contributed by atoms with van der Waals surface area (Å²) in [5, 5.41) is 26.5. The van der Waals surface area contributed by atoms with E-state index in [-0.39, 0.29) is 0 Å². The molecule has 2 atom stereocenters. The molecular weight excluding hydrogens is 210 g/mol. The van der Waals surface area contributed by atoms with Crippen molar-refractivity contribution < 1.29 is 34.7 Å². The van der Waals surface area contributed by atoms with Crippen LogP contribution in [0.15, 0.2) is 12.2 Å². The second-order valence-corrected chi connectivity index (χ2v) is 2.49. The van der Waals surface area contributed by atoms with E-state index in [2.05, 4.69) is 22.1 Å². The summed E-state index contributed by atoms with van der Waals surface area (Å²) in [5.41, 5.74) is 3.90. The zero-order valence-electron chi connectivity index (χ0n) is 7.62. The Hall–Kier alpha value is -1.64. The lowest BCUT2D eigenvalue weighted by Gasteiger charge is -2.15. The van der Waals surface area contributed by atoms with E-state index in [1.165, 1.54) is 0 Å². The molecule has 0 rings (SSSR count). The van der Waals surface area contributed by atoms with Gasteiger partial charge >= 0.3 is 12.1 Å². The van der Waals surface area contributed by atoms with Gasteiger partial charge in [0.2, 0.25) is 0 Å². The molecule has 0 spiro atoms. The number of carbonyl (C=O) groups excluding carboxylic acids is 2. The molecule has 8 heteroatoms. The third-order valence-electron chi connectivity index (χ3n) is 1.37. The number of carbonyl (C=O) groups is 2.